The van der Waals surface area contributed by atoms with E-state index in [1.807, 2.05) is 58.9 Å². The van der Waals surface area contributed by atoms with Crippen molar-refractivity contribution in [1.29, 1.82) is 0 Å². The second kappa shape index (κ2) is 11.3. The predicted molar refractivity (Wildman–Crippen MR) is 131 cm³/mol. The molecule has 7 heteroatoms. The Morgan fingerprint density at radius 1 is 1.10 bits per heavy atom. The zero-order valence-corrected chi connectivity index (χ0v) is 21.0. The predicted octanol–water partition coefficient (Wildman–Crippen LogP) is 6.12. The summed E-state index contributed by atoms with van der Waals surface area (Å²) in [4.78, 5) is 28.9. The Hall–Kier alpha value is -1.69. The fourth-order valence-corrected chi connectivity index (χ4v) is 4.32. The van der Waals surface area contributed by atoms with Crippen LogP contribution in [0.25, 0.3) is 0 Å². The van der Waals surface area contributed by atoms with Gasteiger partial charge in [0.05, 0.1) is 5.75 Å². The lowest BCUT2D eigenvalue weighted by atomic mass is 10.1. The highest BCUT2D eigenvalue weighted by Gasteiger charge is 2.31. The highest BCUT2D eigenvalue weighted by atomic mass is 35.5. The van der Waals surface area contributed by atoms with Gasteiger partial charge in [0.1, 0.15) is 6.04 Å². The largest absolute Gasteiger partial charge is 0.350 e. The molecule has 0 fully saturated rings. The zero-order valence-electron chi connectivity index (χ0n) is 18.7. The lowest BCUT2D eigenvalue weighted by molar-refractivity contribution is -0.140. The van der Waals surface area contributed by atoms with E-state index in [0.717, 1.165) is 10.5 Å². The first-order valence-corrected chi connectivity index (χ1v) is 12.0. The first kappa shape index (κ1) is 25.6. The topological polar surface area (TPSA) is 49.4 Å². The standard InChI is InChI=1S/C24H30Cl2N2O2S/c1-6-21(23(30)27-24(3,4)5)28(14-17-9-10-18(25)13-20(17)26)22(29)15-31-19-11-7-16(2)8-12-19/h7-13,21H,6,14-15H2,1-5H3,(H,27,30)/t21-/m1/s1. The van der Waals surface area contributed by atoms with Gasteiger partial charge in [0, 0.05) is 27.0 Å². The van der Waals surface area contributed by atoms with Gasteiger partial charge in [-0.05, 0) is 63.9 Å². The molecular weight excluding hydrogens is 451 g/mol. The van der Waals surface area contributed by atoms with Crippen LogP contribution in [-0.4, -0.2) is 34.0 Å². The van der Waals surface area contributed by atoms with Crippen LogP contribution in [0.3, 0.4) is 0 Å². The summed E-state index contributed by atoms with van der Waals surface area (Å²) >= 11 is 13.9. The van der Waals surface area contributed by atoms with Crippen LogP contribution in [0.2, 0.25) is 10.0 Å². The highest BCUT2D eigenvalue weighted by molar-refractivity contribution is 8.00. The molecule has 0 aliphatic carbocycles. The van der Waals surface area contributed by atoms with Crippen LogP contribution in [0.4, 0.5) is 0 Å². The molecular formula is C24H30Cl2N2O2S. The molecule has 4 nitrogen and oxygen atoms in total. The molecule has 2 aromatic carbocycles. The number of aryl methyl sites for hydroxylation is 1. The van der Waals surface area contributed by atoms with Crippen LogP contribution in [-0.2, 0) is 16.1 Å². The molecule has 0 unspecified atom stereocenters. The second-order valence-electron chi connectivity index (χ2n) is 8.52. The van der Waals surface area contributed by atoms with Crippen molar-refractivity contribution in [3.05, 3.63) is 63.6 Å². The van der Waals surface area contributed by atoms with Crippen molar-refractivity contribution in [3.8, 4) is 0 Å². The quantitative estimate of drug-likeness (QED) is 0.463. The number of thioether (sulfide) groups is 1. The van der Waals surface area contributed by atoms with Crippen LogP contribution < -0.4 is 5.32 Å². The summed E-state index contributed by atoms with van der Waals surface area (Å²) < 4.78 is 0. The monoisotopic (exact) mass is 480 g/mol. The van der Waals surface area contributed by atoms with Gasteiger partial charge in [0.2, 0.25) is 11.8 Å². The first-order valence-electron chi connectivity index (χ1n) is 10.2. The van der Waals surface area contributed by atoms with E-state index in [1.165, 1.54) is 17.3 Å². The van der Waals surface area contributed by atoms with Crippen molar-refractivity contribution in [2.45, 2.75) is 64.1 Å². The van der Waals surface area contributed by atoms with E-state index < -0.39 is 11.6 Å². The minimum Gasteiger partial charge on any atom is -0.350 e. The Bertz CT molecular complexity index is 911. The fraction of sp³-hybridized carbons (Fsp3) is 0.417. The molecule has 0 radical (unpaired) electrons. The number of carbonyl (C=O) groups excluding carboxylic acids is 2. The van der Waals surface area contributed by atoms with Crippen molar-refractivity contribution in [2.24, 2.45) is 0 Å². The van der Waals surface area contributed by atoms with E-state index in [0.29, 0.717) is 16.5 Å². The Morgan fingerprint density at radius 2 is 1.74 bits per heavy atom. The summed E-state index contributed by atoms with van der Waals surface area (Å²) in [6.45, 7) is 9.94. The molecule has 0 heterocycles. The SMILES string of the molecule is CC[C@H](C(=O)NC(C)(C)C)N(Cc1ccc(Cl)cc1Cl)C(=O)CSc1ccc(C)cc1. The van der Waals surface area contributed by atoms with Crippen LogP contribution in [0, 0.1) is 6.92 Å². The number of halogens is 2. The molecule has 2 amide bonds. The number of carbonyl (C=O) groups is 2. The first-order chi connectivity index (χ1) is 14.5. The molecule has 0 saturated heterocycles. The van der Waals surface area contributed by atoms with Gasteiger partial charge in [-0.25, -0.2) is 0 Å². The molecule has 0 saturated carbocycles. The van der Waals surface area contributed by atoms with Gasteiger partial charge in [-0.2, -0.15) is 0 Å². The fourth-order valence-electron chi connectivity index (χ4n) is 3.07. The number of hydrogen-bond donors (Lipinski definition) is 1. The maximum absolute atomic E-state index is 13.3. The number of nitrogens with zero attached hydrogens (tertiary/aromatic N) is 1. The molecule has 1 N–H and O–H groups in total. The maximum Gasteiger partial charge on any atom is 0.243 e. The molecule has 0 aliphatic heterocycles. The zero-order chi connectivity index (χ0) is 23.2. The average Bonchev–Trinajstić information content (AvgIpc) is 2.67. The minimum atomic E-state index is -0.600. The van der Waals surface area contributed by atoms with E-state index in [9.17, 15) is 9.59 Å². The summed E-state index contributed by atoms with van der Waals surface area (Å²) in [5, 5.41) is 4.00. The molecule has 168 valence electrons. The molecule has 2 aromatic rings. The van der Waals surface area contributed by atoms with Crippen molar-refractivity contribution in [1.82, 2.24) is 10.2 Å². The molecule has 0 bridgehead atoms. The third-order valence-electron chi connectivity index (χ3n) is 4.62. The highest BCUT2D eigenvalue weighted by Crippen LogP contribution is 2.25. The number of rotatable bonds is 8. The Morgan fingerprint density at radius 3 is 2.29 bits per heavy atom. The lowest BCUT2D eigenvalue weighted by Crippen LogP contribution is -2.53. The van der Waals surface area contributed by atoms with Gasteiger partial charge in [-0.15, -0.1) is 11.8 Å². The van der Waals surface area contributed by atoms with E-state index >= 15 is 0 Å². The van der Waals surface area contributed by atoms with Gasteiger partial charge in [-0.3, -0.25) is 9.59 Å². The molecule has 0 aliphatic rings. The molecule has 0 spiro atoms. The van der Waals surface area contributed by atoms with Crippen LogP contribution in [0.15, 0.2) is 47.4 Å². The van der Waals surface area contributed by atoms with Gasteiger partial charge in [-0.1, -0.05) is 53.9 Å². The Labute approximate surface area is 199 Å². The number of amides is 2. The smallest absolute Gasteiger partial charge is 0.243 e. The molecule has 31 heavy (non-hydrogen) atoms. The lowest BCUT2D eigenvalue weighted by Gasteiger charge is -2.33. The Kier molecular flexibility index (Phi) is 9.28. The Balaban J connectivity index is 2.27. The summed E-state index contributed by atoms with van der Waals surface area (Å²) in [5.41, 5.74) is 1.52. The van der Waals surface area contributed by atoms with Gasteiger partial charge < -0.3 is 10.2 Å². The number of nitrogens with one attached hydrogen (secondary N) is 1. The van der Waals surface area contributed by atoms with E-state index in [2.05, 4.69) is 5.32 Å². The van der Waals surface area contributed by atoms with Crippen molar-refractivity contribution >= 4 is 46.8 Å². The molecule has 0 aromatic heterocycles. The second-order valence-corrected chi connectivity index (χ2v) is 10.4. The van der Waals surface area contributed by atoms with Gasteiger partial charge >= 0.3 is 0 Å². The van der Waals surface area contributed by atoms with Crippen LogP contribution in [0.5, 0.6) is 0 Å². The van der Waals surface area contributed by atoms with E-state index in [4.69, 9.17) is 23.2 Å². The normalized spacial score (nSPS) is 12.4. The van der Waals surface area contributed by atoms with E-state index in [-0.39, 0.29) is 24.1 Å². The van der Waals surface area contributed by atoms with Crippen LogP contribution >= 0.6 is 35.0 Å². The summed E-state index contributed by atoms with van der Waals surface area (Å²) in [6.07, 6.45) is 0.494. The van der Waals surface area contributed by atoms with Crippen molar-refractivity contribution in [3.63, 3.8) is 0 Å². The third kappa shape index (κ3) is 8.06. The molecule has 2 rings (SSSR count). The van der Waals surface area contributed by atoms with Crippen LogP contribution in [0.1, 0.15) is 45.2 Å². The van der Waals surface area contributed by atoms with Crippen molar-refractivity contribution < 1.29 is 9.59 Å². The number of hydrogen-bond acceptors (Lipinski definition) is 3. The number of benzene rings is 2. The van der Waals surface area contributed by atoms with Gasteiger partial charge in [0.25, 0.3) is 0 Å². The maximum atomic E-state index is 13.3. The molecule has 1 atom stereocenters. The van der Waals surface area contributed by atoms with Gasteiger partial charge in [0.15, 0.2) is 0 Å². The summed E-state index contributed by atoms with van der Waals surface area (Å²) in [5.74, 6) is -0.0608. The summed E-state index contributed by atoms with van der Waals surface area (Å²) in [7, 11) is 0. The minimum absolute atomic E-state index is 0.118. The van der Waals surface area contributed by atoms with E-state index in [1.54, 1.807) is 23.1 Å². The summed E-state index contributed by atoms with van der Waals surface area (Å²) in [6, 6.07) is 12.6. The van der Waals surface area contributed by atoms with Crippen molar-refractivity contribution in [2.75, 3.05) is 5.75 Å². The average molecular weight is 481 g/mol. The third-order valence-corrected chi connectivity index (χ3v) is 6.21.